The van der Waals surface area contributed by atoms with Crippen molar-refractivity contribution in [3.8, 4) is 0 Å². The van der Waals surface area contributed by atoms with Gasteiger partial charge in [0.2, 0.25) is 11.8 Å². The quantitative estimate of drug-likeness (QED) is 0.508. The SMILES string of the molecule is CCCCNC(=O)[C@@H]1CCCNC1=O. The van der Waals surface area contributed by atoms with Crippen molar-refractivity contribution in [2.24, 2.45) is 5.92 Å². The van der Waals surface area contributed by atoms with E-state index in [1.807, 2.05) is 0 Å². The molecule has 1 atom stereocenters. The standard InChI is InChI=1S/C10H18N2O2/c1-2-3-6-11-9(13)8-5-4-7-12-10(8)14/h8H,2-7H2,1H3,(H,11,13)(H,12,14)/t8-/m0/s1. The second-order valence-electron chi connectivity index (χ2n) is 3.63. The van der Waals surface area contributed by atoms with Gasteiger partial charge in [0, 0.05) is 13.1 Å². The van der Waals surface area contributed by atoms with Crippen LogP contribution in [0.2, 0.25) is 0 Å². The van der Waals surface area contributed by atoms with Crippen molar-refractivity contribution in [1.82, 2.24) is 10.6 Å². The lowest BCUT2D eigenvalue weighted by Crippen LogP contribution is -2.45. The van der Waals surface area contributed by atoms with Crippen molar-refractivity contribution in [3.05, 3.63) is 0 Å². The summed E-state index contributed by atoms with van der Waals surface area (Å²) >= 11 is 0. The zero-order valence-corrected chi connectivity index (χ0v) is 8.64. The average Bonchev–Trinajstić information content (AvgIpc) is 2.18. The molecule has 0 bridgehead atoms. The molecule has 0 aliphatic carbocycles. The minimum absolute atomic E-state index is 0.115. The first-order valence-corrected chi connectivity index (χ1v) is 5.31. The van der Waals surface area contributed by atoms with Gasteiger partial charge in [0.05, 0.1) is 0 Å². The molecule has 4 heteroatoms. The Bertz CT molecular complexity index is 216. The van der Waals surface area contributed by atoms with Crippen LogP contribution < -0.4 is 10.6 Å². The monoisotopic (exact) mass is 198 g/mol. The van der Waals surface area contributed by atoms with Crippen LogP contribution >= 0.6 is 0 Å². The second-order valence-corrected chi connectivity index (χ2v) is 3.63. The van der Waals surface area contributed by atoms with Crippen LogP contribution in [-0.4, -0.2) is 24.9 Å². The molecular formula is C10H18N2O2. The van der Waals surface area contributed by atoms with Gasteiger partial charge in [0.1, 0.15) is 5.92 Å². The fourth-order valence-electron chi connectivity index (χ4n) is 1.53. The lowest BCUT2D eigenvalue weighted by atomic mass is 9.98. The van der Waals surface area contributed by atoms with E-state index in [9.17, 15) is 9.59 Å². The summed E-state index contributed by atoms with van der Waals surface area (Å²) < 4.78 is 0. The van der Waals surface area contributed by atoms with Crippen molar-refractivity contribution in [2.45, 2.75) is 32.6 Å². The van der Waals surface area contributed by atoms with E-state index in [4.69, 9.17) is 0 Å². The number of hydrogen-bond donors (Lipinski definition) is 2. The van der Waals surface area contributed by atoms with E-state index in [2.05, 4.69) is 17.6 Å². The van der Waals surface area contributed by atoms with Gasteiger partial charge < -0.3 is 10.6 Å². The molecule has 4 nitrogen and oxygen atoms in total. The minimum atomic E-state index is -0.458. The summed E-state index contributed by atoms with van der Waals surface area (Å²) in [5, 5.41) is 5.49. The summed E-state index contributed by atoms with van der Waals surface area (Å²) in [6, 6.07) is 0. The van der Waals surface area contributed by atoms with Crippen molar-refractivity contribution in [3.63, 3.8) is 0 Å². The Morgan fingerprint density at radius 1 is 1.64 bits per heavy atom. The third-order valence-corrected chi connectivity index (χ3v) is 2.43. The Kier molecular flexibility index (Phi) is 4.43. The molecule has 1 fully saturated rings. The molecule has 0 aromatic heterocycles. The van der Waals surface area contributed by atoms with Gasteiger partial charge in [-0.1, -0.05) is 13.3 Å². The van der Waals surface area contributed by atoms with E-state index in [0.717, 1.165) is 19.3 Å². The topological polar surface area (TPSA) is 58.2 Å². The summed E-state index contributed by atoms with van der Waals surface area (Å²) in [7, 11) is 0. The number of amides is 2. The van der Waals surface area contributed by atoms with Crippen molar-refractivity contribution >= 4 is 11.8 Å². The molecule has 1 rings (SSSR count). The first kappa shape index (κ1) is 11.0. The Morgan fingerprint density at radius 2 is 2.43 bits per heavy atom. The maximum Gasteiger partial charge on any atom is 0.232 e. The second kappa shape index (κ2) is 5.62. The van der Waals surface area contributed by atoms with Gasteiger partial charge in [-0.15, -0.1) is 0 Å². The number of carbonyl (C=O) groups excluding carboxylic acids is 2. The van der Waals surface area contributed by atoms with E-state index in [-0.39, 0.29) is 11.8 Å². The van der Waals surface area contributed by atoms with Crippen LogP contribution in [0.5, 0.6) is 0 Å². The van der Waals surface area contributed by atoms with E-state index in [0.29, 0.717) is 19.5 Å². The van der Waals surface area contributed by atoms with Crippen LogP contribution in [-0.2, 0) is 9.59 Å². The van der Waals surface area contributed by atoms with Crippen LogP contribution in [0.1, 0.15) is 32.6 Å². The Hall–Kier alpha value is -1.06. The summed E-state index contributed by atoms with van der Waals surface area (Å²) in [6.45, 7) is 3.45. The summed E-state index contributed by atoms with van der Waals surface area (Å²) in [4.78, 5) is 22.8. The average molecular weight is 198 g/mol. The molecule has 2 amide bonds. The van der Waals surface area contributed by atoms with E-state index in [1.54, 1.807) is 0 Å². The maximum atomic E-state index is 11.5. The molecule has 80 valence electrons. The molecule has 0 aromatic rings. The van der Waals surface area contributed by atoms with Gasteiger partial charge in [-0.05, 0) is 19.3 Å². The lowest BCUT2D eigenvalue weighted by Gasteiger charge is -2.20. The Balaban J connectivity index is 2.31. The molecular weight excluding hydrogens is 180 g/mol. The zero-order valence-electron chi connectivity index (χ0n) is 8.64. The van der Waals surface area contributed by atoms with Gasteiger partial charge in [-0.3, -0.25) is 9.59 Å². The van der Waals surface area contributed by atoms with E-state index >= 15 is 0 Å². The molecule has 1 aliphatic heterocycles. The summed E-state index contributed by atoms with van der Waals surface area (Å²) in [6.07, 6.45) is 3.61. The predicted molar refractivity (Wildman–Crippen MR) is 53.7 cm³/mol. The number of unbranched alkanes of at least 4 members (excludes halogenated alkanes) is 1. The number of rotatable bonds is 4. The Labute approximate surface area is 84.4 Å². The molecule has 1 aliphatic rings. The van der Waals surface area contributed by atoms with Crippen LogP contribution in [0, 0.1) is 5.92 Å². The van der Waals surface area contributed by atoms with Crippen molar-refractivity contribution in [2.75, 3.05) is 13.1 Å². The third-order valence-electron chi connectivity index (χ3n) is 2.43. The number of hydrogen-bond acceptors (Lipinski definition) is 2. The van der Waals surface area contributed by atoms with Gasteiger partial charge in [-0.25, -0.2) is 0 Å². The number of nitrogens with one attached hydrogen (secondary N) is 2. The molecule has 0 aromatic carbocycles. The highest BCUT2D eigenvalue weighted by Gasteiger charge is 2.28. The fraction of sp³-hybridized carbons (Fsp3) is 0.800. The normalized spacial score (nSPS) is 21.5. The van der Waals surface area contributed by atoms with Gasteiger partial charge in [0.15, 0.2) is 0 Å². The first-order chi connectivity index (χ1) is 6.75. The first-order valence-electron chi connectivity index (χ1n) is 5.31. The fourth-order valence-corrected chi connectivity index (χ4v) is 1.53. The largest absolute Gasteiger partial charge is 0.355 e. The third kappa shape index (κ3) is 3.01. The molecule has 0 saturated carbocycles. The van der Waals surface area contributed by atoms with E-state index in [1.165, 1.54) is 0 Å². The van der Waals surface area contributed by atoms with Crippen molar-refractivity contribution < 1.29 is 9.59 Å². The Morgan fingerprint density at radius 3 is 3.07 bits per heavy atom. The van der Waals surface area contributed by atoms with Gasteiger partial charge in [-0.2, -0.15) is 0 Å². The van der Waals surface area contributed by atoms with E-state index < -0.39 is 5.92 Å². The molecule has 1 heterocycles. The highest BCUT2D eigenvalue weighted by Crippen LogP contribution is 2.11. The molecule has 14 heavy (non-hydrogen) atoms. The molecule has 0 unspecified atom stereocenters. The zero-order chi connectivity index (χ0) is 10.4. The minimum Gasteiger partial charge on any atom is -0.355 e. The van der Waals surface area contributed by atoms with Crippen LogP contribution in [0.15, 0.2) is 0 Å². The summed E-state index contributed by atoms with van der Waals surface area (Å²) in [5.41, 5.74) is 0. The molecule has 1 saturated heterocycles. The van der Waals surface area contributed by atoms with Crippen LogP contribution in [0.25, 0.3) is 0 Å². The van der Waals surface area contributed by atoms with Crippen LogP contribution in [0.4, 0.5) is 0 Å². The van der Waals surface area contributed by atoms with Gasteiger partial charge >= 0.3 is 0 Å². The molecule has 0 radical (unpaired) electrons. The highest BCUT2D eigenvalue weighted by molar-refractivity contribution is 6.00. The van der Waals surface area contributed by atoms with Gasteiger partial charge in [0.25, 0.3) is 0 Å². The number of piperidine rings is 1. The lowest BCUT2D eigenvalue weighted by molar-refractivity contribution is -0.136. The highest BCUT2D eigenvalue weighted by atomic mass is 16.2. The number of carbonyl (C=O) groups is 2. The summed E-state index contributed by atoms with van der Waals surface area (Å²) in [5.74, 6) is -0.693. The van der Waals surface area contributed by atoms with Crippen LogP contribution in [0.3, 0.4) is 0 Å². The predicted octanol–water partition coefficient (Wildman–Crippen LogP) is 0.429. The molecule has 0 spiro atoms. The molecule has 2 N–H and O–H groups in total. The van der Waals surface area contributed by atoms with Crippen molar-refractivity contribution in [1.29, 1.82) is 0 Å². The smallest absolute Gasteiger partial charge is 0.232 e. The maximum absolute atomic E-state index is 11.5.